The van der Waals surface area contributed by atoms with Crippen molar-refractivity contribution in [3.05, 3.63) is 29.3 Å². The van der Waals surface area contributed by atoms with Gasteiger partial charge in [0.1, 0.15) is 0 Å². The minimum Gasteiger partial charge on any atom is -0.389 e. The molecular weight excluding hydrogens is 216 g/mol. The Labute approximate surface area is 102 Å². The van der Waals surface area contributed by atoms with Crippen LogP contribution in [0.4, 0.5) is 5.69 Å². The SMILES string of the molecule is Cc1cc(C)cc(NC[C@H]2NC[C@H](O)[C@@H]2O)c1. The first kappa shape index (κ1) is 12.4. The molecule has 0 aromatic heterocycles. The Morgan fingerprint density at radius 3 is 2.41 bits per heavy atom. The molecule has 17 heavy (non-hydrogen) atoms. The zero-order valence-corrected chi connectivity index (χ0v) is 10.3. The van der Waals surface area contributed by atoms with Gasteiger partial charge in [-0.1, -0.05) is 6.07 Å². The van der Waals surface area contributed by atoms with Gasteiger partial charge in [0.25, 0.3) is 0 Å². The van der Waals surface area contributed by atoms with Crippen LogP contribution in [0.3, 0.4) is 0 Å². The van der Waals surface area contributed by atoms with E-state index in [1.807, 2.05) is 0 Å². The van der Waals surface area contributed by atoms with Crippen molar-refractivity contribution in [1.29, 1.82) is 0 Å². The Balaban J connectivity index is 1.94. The molecule has 1 aromatic carbocycles. The number of anilines is 1. The van der Waals surface area contributed by atoms with E-state index in [2.05, 4.69) is 42.7 Å². The highest BCUT2D eigenvalue weighted by Gasteiger charge is 2.32. The van der Waals surface area contributed by atoms with Crippen LogP contribution < -0.4 is 10.6 Å². The van der Waals surface area contributed by atoms with Crippen molar-refractivity contribution >= 4 is 5.69 Å². The minimum absolute atomic E-state index is 0.0918. The molecule has 0 saturated carbocycles. The average molecular weight is 236 g/mol. The molecule has 0 aliphatic carbocycles. The summed E-state index contributed by atoms with van der Waals surface area (Å²) in [5.41, 5.74) is 3.48. The summed E-state index contributed by atoms with van der Waals surface area (Å²) in [6.45, 7) is 5.19. The summed E-state index contributed by atoms with van der Waals surface area (Å²) in [6, 6.07) is 6.18. The van der Waals surface area contributed by atoms with Crippen LogP contribution >= 0.6 is 0 Å². The molecule has 4 nitrogen and oxygen atoms in total. The van der Waals surface area contributed by atoms with Gasteiger partial charge in [0.2, 0.25) is 0 Å². The second kappa shape index (κ2) is 5.04. The monoisotopic (exact) mass is 236 g/mol. The summed E-state index contributed by atoms with van der Waals surface area (Å²) in [5, 5.41) is 25.5. The maximum atomic E-state index is 9.69. The van der Waals surface area contributed by atoms with E-state index in [0.29, 0.717) is 13.1 Å². The van der Waals surface area contributed by atoms with Crippen LogP contribution in [0, 0.1) is 13.8 Å². The largest absolute Gasteiger partial charge is 0.389 e. The topological polar surface area (TPSA) is 64.5 Å². The van der Waals surface area contributed by atoms with Gasteiger partial charge < -0.3 is 20.8 Å². The van der Waals surface area contributed by atoms with Crippen molar-refractivity contribution in [1.82, 2.24) is 5.32 Å². The Kier molecular flexibility index (Phi) is 3.66. The molecule has 0 spiro atoms. The summed E-state index contributed by atoms with van der Waals surface area (Å²) < 4.78 is 0. The van der Waals surface area contributed by atoms with Crippen LogP contribution in [0.15, 0.2) is 18.2 Å². The quantitative estimate of drug-likeness (QED) is 0.614. The first-order valence-corrected chi connectivity index (χ1v) is 5.98. The summed E-state index contributed by atoms with van der Waals surface area (Å²) >= 11 is 0. The van der Waals surface area contributed by atoms with Crippen LogP contribution in [0.1, 0.15) is 11.1 Å². The van der Waals surface area contributed by atoms with Gasteiger partial charge in [0, 0.05) is 18.8 Å². The van der Waals surface area contributed by atoms with E-state index >= 15 is 0 Å². The van der Waals surface area contributed by atoms with Gasteiger partial charge in [0.15, 0.2) is 0 Å². The first-order valence-electron chi connectivity index (χ1n) is 5.98. The summed E-state index contributed by atoms with van der Waals surface area (Å²) in [4.78, 5) is 0. The van der Waals surface area contributed by atoms with Gasteiger partial charge in [-0.05, 0) is 37.1 Å². The predicted molar refractivity (Wildman–Crippen MR) is 68.2 cm³/mol. The molecular formula is C13H20N2O2. The highest BCUT2D eigenvalue weighted by atomic mass is 16.3. The van der Waals surface area contributed by atoms with Crippen LogP contribution in [-0.2, 0) is 0 Å². The third kappa shape index (κ3) is 2.97. The fourth-order valence-corrected chi connectivity index (χ4v) is 2.28. The Morgan fingerprint density at radius 2 is 1.88 bits per heavy atom. The molecule has 1 aliphatic heterocycles. The Hall–Kier alpha value is -1.10. The van der Waals surface area contributed by atoms with Crippen LogP contribution in [0.2, 0.25) is 0 Å². The van der Waals surface area contributed by atoms with E-state index in [-0.39, 0.29) is 6.04 Å². The van der Waals surface area contributed by atoms with E-state index in [9.17, 15) is 10.2 Å². The molecule has 0 radical (unpaired) electrons. The lowest BCUT2D eigenvalue weighted by Gasteiger charge is -2.17. The fourth-order valence-electron chi connectivity index (χ4n) is 2.28. The molecule has 4 N–H and O–H groups in total. The van der Waals surface area contributed by atoms with Crippen molar-refractivity contribution in [2.24, 2.45) is 0 Å². The van der Waals surface area contributed by atoms with Gasteiger partial charge in [-0.2, -0.15) is 0 Å². The molecule has 0 bridgehead atoms. The van der Waals surface area contributed by atoms with E-state index < -0.39 is 12.2 Å². The van der Waals surface area contributed by atoms with Crippen LogP contribution in [0.25, 0.3) is 0 Å². The molecule has 1 saturated heterocycles. The number of aliphatic hydroxyl groups is 2. The molecule has 94 valence electrons. The van der Waals surface area contributed by atoms with E-state index in [4.69, 9.17) is 0 Å². The molecule has 3 atom stereocenters. The number of aryl methyl sites for hydroxylation is 2. The van der Waals surface area contributed by atoms with E-state index in [1.165, 1.54) is 11.1 Å². The molecule has 0 unspecified atom stereocenters. The van der Waals surface area contributed by atoms with Gasteiger partial charge in [0.05, 0.1) is 18.2 Å². The van der Waals surface area contributed by atoms with Gasteiger partial charge >= 0.3 is 0 Å². The van der Waals surface area contributed by atoms with Crippen LogP contribution in [-0.4, -0.2) is 41.6 Å². The number of hydrogen-bond acceptors (Lipinski definition) is 4. The smallest absolute Gasteiger partial charge is 0.0981 e. The summed E-state index contributed by atoms with van der Waals surface area (Å²) in [7, 11) is 0. The number of hydrogen-bond donors (Lipinski definition) is 4. The van der Waals surface area contributed by atoms with Gasteiger partial charge in [-0.15, -0.1) is 0 Å². The molecule has 0 amide bonds. The lowest BCUT2D eigenvalue weighted by molar-refractivity contribution is 0.0427. The Morgan fingerprint density at radius 1 is 1.24 bits per heavy atom. The highest BCUT2D eigenvalue weighted by molar-refractivity contribution is 5.48. The molecule has 4 heteroatoms. The normalized spacial score (nSPS) is 28.4. The molecule has 1 fully saturated rings. The molecule has 1 aliphatic rings. The molecule has 1 aromatic rings. The summed E-state index contributed by atoms with van der Waals surface area (Å²) in [5.74, 6) is 0. The number of rotatable bonds is 3. The van der Waals surface area contributed by atoms with Gasteiger partial charge in [-0.25, -0.2) is 0 Å². The van der Waals surface area contributed by atoms with E-state index in [0.717, 1.165) is 5.69 Å². The lowest BCUT2D eigenvalue weighted by atomic mass is 10.1. The van der Waals surface area contributed by atoms with E-state index in [1.54, 1.807) is 0 Å². The minimum atomic E-state index is -0.687. The maximum Gasteiger partial charge on any atom is 0.0981 e. The van der Waals surface area contributed by atoms with Crippen molar-refractivity contribution in [2.45, 2.75) is 32.1 Å². The first-order chi connectivity index (χ1) is 8.06. The van der Waals surface area contributed by atoms with Crippen LogP contribution in [0.5, 0.6) is 0 Å². The predicted octanol–water partition coefficient (Wildman–Crippen LogP) is 0.409. The number of aliphatic hydroxyl groups excluding tert-OH is 2. The van der Waals surface area contributed by atoms with Gasteiger partial charge in [-0.3, -0.25) is 0 Å². The van der Waals surface area contributed by atoms with Crippen molar-refractivity contribution in [3.63, 3.8) is 0 Å². The second-order valence-corrected chi connectivity index (χ2v) is 4.83. The average Bonchev–Trinajstić information content (AvgIpc) is 2.56. The van der Waals surface area contributed by atoms with Crippen molar-refractivity contribution in [3.8, 4) is 0 Å². The lowest BCUT2D eigenvalue weighted by Crippen LogP contribution is -2.38. The third-order valence-electron chi connectivity index (χ3n) is 3.14. The third-order valence-corrected chi connectivity index (χ3v) is 3.14. The zero-order valence-electron chi connectivity index (χ0n) is 10.3. The molecule has 1 heterocycles. The maximum absolute atomic E-state index is 9.69. The second-order valence-electron chi connectivity index (χ2n) is 4.83. The number of benzene rings is 1. The molecule has 2 rings (SSSR count). The van der Waals surface area contributed by atoms with Crippen molar-refractivity contribution in [2.75, 3.05) is 18.4 Å². The Bertz CT molecular complexity index is 375. The number of β-amino-alcohol motifs (C(OH)–C–C–N with tert-alkyl or cyclic N) is 1. The summed E-state index contributed by atoms with van der Waals surface area (Å²) in [6.07, 6.45) is -1.34. The zero-order chi connectivity index (χ0) is 12.4. The fraction of sp³-hybridized carbons (Fsp3) is 0.538. The standard InChI is InChI=1S/C13H20N2O2/c1-8-3-9(2)5-10(4-8)14-6-11-13(17)12(16)7-15-11/h3-5,11-17H,6-7H2,1-2H3/t11-,12+,13-/m1/s1. The highest BCUT2D eigenvalue weighted by Crippen LogP contribution is 2.15. The van der Waals surface area contributed by atoms with Crippen molar-refractivity contribution < 1.29 is 10.2 Å². The number of nitrogens with one attached hydrogen (secondary N) is 2.